The number of hydrogen-bond acceptors (Lipinski definition) is 8. The Hall–Kier alpha value is -4.43. The van der Waals surface area contributed by atoms with Gasteiger partial charge in [-0.2, -0.15) is 10.1 Å². The van der Waals surface area contributed by atoms with E-state index < -0.39 is 6.04 Å². The fraction of sp³-hybridized carbons (Fsp3) is 0.414. The molecule has 0 saturated heterocycles. The Morgan fingerprint density at radius 3 is 2.77 bits per heavy atom. The normalized spacial score (nSPS) is 11.8. The molecule has 1 aromatic carbocycles. The predicted octanol–water partition coefficient (Wildman–Crippen LogP) is 3.13. The van der Waals surface area contributed by atoms with Gasteiger partial charge in [0.1, 0.15) is 11.9 Å². The van der Waals surface area contributed by atoms with Crippen LogP contribution in [0.3, 0.4) is 0 Å². The first-order valence-electron chi connectivity index (χ1n) is 13.4. The molecule has 0 aliphatic rings. The van der Waals surface area contributed by atoms with Gasteiger partial charge in [0.25, 0.3) is 0 Å². The van der Waals surface area contributed by atoms with E-state index in [9.17, 15) is 9.59 Å². The van der Waals surface area contributed by atoms with E-state index in [2.05, 4.69) is 54.9 Å². The summed E-state index contributed by atoms with van der Waals surface area (Å²) in [6, 6.07) is 5.31. The number of unbranched alkanes of at least 4 members (excludes halogenated alkanes) is 1. The molecule has 0 aliphatic carbocycles. The van der Waals surface area contributed by atoms with Crippen molar-refractivity contribution in [2.75, 3.05) is 51.4 Å². The maximum Gasteiger partial charge on any atom is 0.246 e. The highest BCUT2D eigenvalue weighted by Gasteiger charge is 2.20. The monoisotopic (exact) mass is 545 g/mol. The molecule has 11 heteroatoms. The van der Waals surface area contributed by atoms with E-state index in [0.29, 0.717) is 43.3 Å². The maximum atomic E-state index is 12.5. The lowest BCUT2D eigenvalue weighted by Gasteiger charge is -2.23. The first-order valence-corrected chi connectivity index (χ1v) is 13.4. The number of anilines is 3. The molecule has 0 aliphatic heterocycles. The number of hydrogen-bond donors (Lipinski definition) is 4. The van der Waals surface area contributed by atoms with Gasteiger partial charge in [0.15, 0.2) is 0 Å². The van der Waals surface area contributed by atoms with Crippen LogP contribution in [0, 0.1) is 11.8 Å². The van der Waals surface area contributed by atoms with Crippen molar-refractivity contribution in [3.05, 3.63) is 48.3 Å². The number of aromatic amines is 1. The van der Waals surface area contributed by atoms with Crippen molar-refractivity contribution in [3.63, 3.8) is 0 Å². The van der Waals surface area contributed by atoms with Crippen molar-refractivity contribution in [1.82, 2.24) is 35.3 Å². The lowest BCUT2D eigenvalue weighted by atomic mass is 10.2. The average Bonchev–Trinajstić information content (AvgIpc) is 3.41. The second-order valence-corrected chi connectivity index (χ2v) is 9.67. The highest BCUT2D eigenvalue weighted by atomic mass is 16.2. The Balaban J connectivity index is 1.51. The fourth-order valence-corrected chi connectivity index (χ4v) is 3.60. The van der Waals surface area contributed by atoms with E-state index in [1.165, 1.54) is 11.0 Å². The summed E-state index contributed by atoms with van der Waals surface area (Å²) in [6.07, 6.45) is 8.98. The molecule has 2 heterocycles. The first-order chi connectivity index (χ1) is 19.3. The number of amides is 2. The molecule has 212 valence electrons. The van der Waals surface area contributed by atoms with Crippen LogP contribution in [-0.4, -0.2) is 88.6 Å². The number of H-pyrrole nitrogens is 1. The first kappa shape index (κ1) is 30.1. The third kappa shape index (κ3) is 9.10. The molecule has 1 atom stereocenters. The Bertz CT molecular complexity index is 1370. The zero-order valence-corrected chi connectivity index (χ0v) is 23.9. The van der Waals surface area contributed by atoms with Gasteiger partial charge in [0.2, 0.25) is 17.8 Å². The summed E-state index contributed by atoms with van der Waals surface area (Å²) in [5.74, 6) is 7.04. The van der Waals surface area contributed by atoms with Gasteiger partial charge in [-0.1, -0.05) is 24.8 Å². The summed E-state index contributed by atoms with van der Waals surface area (Å²) in [5.41, 5.74) is 2.49. The van der Waals surface area contributed by atoms with E-state index in [-0.39, 0.29) is 11.8 Å². The lowest BCUT2D eigenvalue weighted by molar-refractivity contribution is -0.135. The molecular weight excluding hydrogens is 506 g/mol. The molecule has 0 radical (unpaired) electrons. The topological polar surface area (TPSA) is 131 Å². The molecule has 3 aromatic rings. The number of aromatic nitrogens is 4. The van der Waals surface area contributed by atoms with Crippen molar-refractivity contribution in [2.24, 2.45) is 0 Å². The summed E-state index contributed by atoms with van der Waals surface area (Å²) in [5, 5.41) is 17.5. The van der Waals surface area contributed by atoms with Crippen molar-refractivity contribution in [3.8, 4) is 11.8 Å². The molecule has 0 saturated carbocycles. The van der Waals surface area contributed by atoms with Gasteiger partial charge >= 0.3 is 0 Å². The van der Waals surface area contributed by atoms with E-state index in [1.807, 2.05) is 37.2 Å². The van der Waals surface area contributed by atoms with Gasteiger partial charge in [0.05, 0.1) is 23.5 Å². The lowest BCUT2D eigenvalue weighted by Crippen LogP contribution is -2.45. The number of nitrogens with one attached hydrogen (secondary N) is 4. The van der Waals surface area contributed by atoms with E-state index in [4.69, 9.17) is 0 Å². The number of nitrogens with zero attached hydrogens (tertiary/aromatic N) is 5. The largest absolute Gasteiger partial charge is 0.369 e. The van der Waals surface area contributed by atoms with Gasteiger partial charge in [-0.05, 0) is 52.1 Å². The summed E-state index contributed by atoms with van der Waals surface area (Å²) in [7, 11) is 5.48. The van der Waals surface area contributed by atoms with Crippen LogP contribution < -0.4 is 16.0 Å². The van der Waals surface area contributed by atoms with Crippen LogP contribution in [0.2, 0.25) is 0 Å². The third-order valence-electron chi connectivity index (χ3n) is 6.07. The van der Waals surface area contributed by atoms with E-state index >= 15 is 0 Å². The standard InChI is InChI=1S/C29H39N9O2/c1-6-15-30-27-23(19-32-29(35-27)34-24-14-13-22-20-33-36-25(22)18-24)11-8-7-9-16-31-28(40)21(2)38(5)26(39)12-10-17-37(3)4/h10,12-14,18-21H,6-7,9,15-17H2,1-5H3,(H,31,40)(H,33,36)(H2,30,32,34,35). The van der Waals surface area contributed by atoms with E-state index in [1.54, 1.807) is 32.4 Å². The van der Waals surface area contributed by atoms with Crippen molar-refractivity contribution >= 4 is 40.2 Å². The Kier molecular flexibility index (Phi) is 11.5. The van der Waals surface area contributed by atoms with Crippen molar-refractivity contribution in [2.45, 2.75) is 39.2 Å². The van der Waals surface area contributed by atoms with Crippen LogP contribution in [0.25, 0.3) is 10.9 Å². The van der Waals surface area contributed by atoms with Crippen molar-refractivity contribution in [1.29, 1.82) is 0 Å². The molecule has 2 amide bonds. The minimum absolute atomic E-state index is 0.195. The highest BCUT2D eigenvalue weighted by Crippen LogP contribution is 2.21. The number of benzene rings is 1. The molecule has 40 heavy (non-hydrogen) atoms. The van der Waals surface area contributed by atoms with Crippen LogP contribution in [-0.2, 0) is 9.59 Å². The highest BCUT2D eigenvalue weighted by molar-refractivity contribution is 5.92. The smallest absolute Gasteiger partial charge is 0.246 e. The number of fused-ring (bicyclic) bond motifs is 1. The van der Waals surface area contributed by atoms with Crippen molar-refractivity contribution < 1.29 is 9.59 Å². The Morgan fingerprint density at radius 2 is 2.00 bits per heavy atom. The Labute approximate surface area is 235 Å². The second kappa shape index (κ2) is 15.2. The molecule has 3 rings (SSSR count). The number of carbonyl (C=O) groups is 2. The summed E-state index contributed by atoms with van der Waals surface area (Å²) in [4.78, 5) is 37.2. The minimum Gasteiger partial charge on any atom is -0.369 e. The zero-order valence-electron chi connectivity index (χ0n) is 23.9. The number of likely N-dealkylation sites (N-methyl/N-ethyl adjacent to an activating group) is 2. The second-order valence-electron chi connectivity index (χ2n) is 9.67. The van der Waals surface area contributed by atoms with Gasteiger partial charge in [0, 0.05) is 50.3 Å². The van der Waals surface area contributed by atoms with Gasteiger partial charge in [-0.15, -0.1) is 0 Å². The molecule has 0 fully saturated rings. The van der Waals surface area contributed by atoms with Crippen LogP contribution in [0.5, 0.6) is 0 Å². The SMILES string of the molecule is CCCNc1nc(Nc2ccc3cn[nH]c3c2)ncc1C#CCCCNC(=O)C(C)N(C)C(=O)C=CCN(C)C. The molecule has 0 bridgehead atoms. The fourth-order valence-electron chi connectivity index (χ4n) is 3.60. The molecule has 11 nitrogen and oxygen atoms in total. The van der Waals surface area contributed by atoms with Gasteiger partial charge in [-0.25, -0.2) is 4.98 Å². The van der Waals surface area contributed by atoms with Gasteiger partial charge < -0.3 is 25.8 Å². The molecule has 4 N–H and O–H groups in total. The number of rotatable bonds is 13. The van der Waals surface area contributed by atoms with Crippen LogP contribution in [0.4, 0.5) is 17.5 Å². The molecule has 0 spiro atoms. The molecular formula is C29H39N9O2. The predicted molar refractivity (Wildman–Crippen MR) is 159 cm³/mol. The maximum absolute atomic E-state index is 12.5. The van der Waals surface area contributed by atoms with Crippen LogP contribution in [0.1, 0.15) is 38.7 Å². The quantitative estimate of drug-likeness (QED) is 0.146. The van der Waals surface area contributed by atoms with Gasteiger partial charge in [-0.3, -0.25) is 14.7 Å². The summed E-state index contributed by atoms with van der Waals surface area (Å²) < 4.78 is 0. The zero-order chi connectivity index (χ0) is 28.9. The third-order valence-corrected chi connectivity index (χ3v) is 6.07. The van der Waals surface area contributed by atoms with E-state index in [0.717, 1.165) is 29.6 Å². The summed E-state index contributed by atoms with van der Waals surface area (Å²) in [6.45, 7) is 5.69. The summed E-state index contributed by atoms with van der Waals surface area (Å²) >= 11 is 0. The number of carbonyl (C=O) groups excluding carboxylic acids is 2. The average molecular weight is 546 g/mol. The molecule has 1 unspecified atom stereocenters. The minimum atomic E-state index is -0.569. The van der Waals surface area contributed by atoms with Crippen LogP contribution >= 0.6 is 0 Å². The van der Waals surface area contributed by atoms with Crippen LogP contribution in [0.15, 0.2) is 42.7 Å². The molecule has 2 aromatic heterocycles. The Morgan fingerprint density at radius 1 is 1.18 bits per heavy atom.